The molecule has 0 atom stereocenters. The predicted octanol–water partition coefficient (Wildman–Crippen LogP) is 3.87. The molecule has 23 heavy (non-hydrogen) atoms. The first kappa shape index (κ1) is 15.9. The van der Waals surface area contributed by atoms with Crippen LogP contribution in [0.4, 0.5) is 0 Å². The van der Waals surface area contributed by atoms with Gasteiger partial charge in [-0.2, -0.15) is 5.10 Å². The van der Waals surface area contributed by atoms with Crippen LogP contribution in [0.3, 0.4) is 0 Å². The molecule has 0 saturated carbocycles. The van der Waals surface area contributed by atoms with Gasteiger partial charge in [-0.3, -0.25) is 9.58 Å². The Hall–Kier alpha value is -1.98. The molecule has 0 fully saturated rings. The zero-order valence-corrected chi connectivity index (χ0v) is 14.5. The number of benzene rings is 1. The highest BCUT2D eigenvalue weighted by Crippen LogP contribution is 2.18. The van der Waals surface area contributed by atoms with Crippen molar-refractivity contribution in [2.75, 3.05) is 0 Å². The van der Waals surface area contributed by atoms with E-state index in [0.717, 1.165) is 37.6 Å². The highest BCUT2D eigenvalue weighted by atomic mass is 32.1. The fourth-order valence-electron chi connectivity index (χ4n) is 2.58. The number of hydrogen-bond acceptors (Lipinski definition) is 4. The lowest BCUT2D eigenvalue weighted by Crippen LogP contribution is -2.22. The molecule has 3 rings (SSSR count). The zero-order chi connectivity index (χ0) is 16.1. The average Bonchev–Trinajstić information content (AvgIpc) is 3.18. The third-order valence-electron chi connectivity index (χ3n) is 3.87. The van der Waals surface area contributed by atoms with Crippen molar-refractivity contribution in [3.63, 3.8) is 0 Å². The van der Waals surface area contributed by atoms with Crippen LogP contribution in [-0.2, 0) is 26.2 Å². The van der Waals surface area contributed by atoms with Crippen LogP contribution in [0.25, 0.3) is 0 Å². The van der Waals surface area contributed by atoms with Gasteiger partial charge in [0.15, 0.2) is 0 Å². The van der Waals surface area contributed by atoms with E-state index in [0.29, 0.717) is 0 Å². The summed E-state index contributed by atoms with van der Waals surface area (Å²) in [4.78, 5) is 8.13. The Morgan fingerprint density at radius 3 is 2.57 bits per heavy atom. The van der Waals surface area contributed by atoms with Crippen molar-refractivity contribution >= 4 is 11.3 Å². The van der Waals surface area contributed by atoms with Crippen LogP contribution in [0.2, 0.25) is 0 Å². The van der Waals surface area contributed by atoms with E-state index in [2.05, 4.69) is 65.2 Å². The molecule has 0 N–H and O–H groups in total. The van der Waals surface area contributed by atoms with Gasteiger partial charge in [-0.25, -0.2) is 4.98 Å². The number of hydrogen-bond donors (Lipinski definition) is 0. The third kappa shape index (κ3) is 4.27. The van der Waals surface area contributed by atoms with Gasteiger partial charge in [0.2, 0.25) is 0 Å². The molecule has 0 aliphatic heterocycles. The molecule has 0 bridgehead atoms. The summed E-state index contributed by atoms with van der Waals surface area (Å²) in [6, 6.07) is 12.7. The Morgan fingerprint density at radius 2 is 1.91 bits per heavy atom. The first-order chi connectivity index (χ1) is 11.2. The van der Waals surface area contributed by atoms with E-state index >= 15 is 0 Å². The highest BCUT2D eigenvalue weighted by molar-refractivity contribution is 7.09. The van der Waals surface area contributed by atoms with Gasteiger partial charge in [0.05, 0.1) is 16.9 Å². The van der Waals surface area contributed by atoms with Gasteiger partial charge in [0, 0.05) is 37.3 Å². The fraction of sp³-hybridized carbons (Fsp3) is 0.333. The lowest BCUT2D eigenvalue weighted by molar-refractivity contribution is 0.245. The molecule has 0 amide bonds. The summed E-state index contributed by atoms with van der Waals surface area (Å²) in [6.45, 7) is 7.77. The summed E-state index contributed by atoms with van der Waals surface area (Å²) >= 11 is 1.73. The normalized spacial score (nSPS) is 11.3. The molecule has 0 unspecified atom stereocenters. The molecular formula is C18H22N4S. The van der Waals surface area contributed by atoms with E-state index in [1.165, 1.54) is 10.4 Å². The summed E-state index contributed by atoms with van der Waals surface area (Å²) in [5.74, 6) is 0. The first-order valence-corrected chi connectivity index (χ1v) is 8.80. The second-order valence-electron chi connectivity index (χ2n) is 5.65. The fourth-order valence-corrected chi connectivity index (χ4v) is 3.40. The van der Waals surface area contributed by atoms with Crippen LogP contribution in [0.5, 0.6) is 0 Å². The Labute approximate surface area is 141 Å². The maximum Gasteiger partial charge on any atom is 0.0798 e. The van der Waals surface area contributed by atoms with Crippen molar-refractivity contribution < 1.29 is 0 Å². The Bertz CT molecular complexity index is 732. The van der Waals surface area contributed by atoms with Crippen molar-refractivity contribution in [1.82, 2.24) is 19.7 Å². The molecule has 3 aromatic rings. The molecule has 0 saturated heterocycles. The number of aryl methyl sites for hydroxylation is 2. The van der Waals surface area contributed by atoms with E-state index in [9.17, 15) is 0 Å². The molecule has 0 aliphatic rings. The van der Waals surface area contributed by atoms with Gasteiger partial charge >= 0.3 is 0 Å². The van der Waals surface area contributed by atoms with Gasteiger partial charge < -0.3 is 0 Å². The van der Waals surface area contributed by atoms with Gasteiger partial charge in [-0.15, -0.1) is 11.3 Å². The second-order valence-corrected chi connectivity index (χ2v) is 6.59. The number of rotatable bonds is 7. The molecule has 2 heterocycles. The third-order valence-corrected chi connectivity index (χ3v) is 4.79. The standard InChI is InChI=1S/C18H22N4S/c1-3-22-10-9-17(20-22)12-21(11-16-7-5-4-6-8-16)13-18-15(2)19-14-23-18/h4-10,14H,3,11-13H2,1-2H3. The molecule has 5 heteroatoms. The Kier molecular flexibility index (Phi) is 5.20. The largest absolute Gasteiger partial charge is 0.288 e. The Balaban J connectivity index is 1.76. The average molecular weight is 326 g/mol. The molecule has 4 nitrogen and oxygen atoms in total. The van der Waals surface area contributed by atoms with Crippen molar-refractivity contribution in [2.45, 2.75) is 40.0 Å². The summed E-state index contributed by atoms with van der Waals surface area (Å²) in [6.07, 6.45) is 2.05. The summed E-state index contributed by atoms with van der Waals surface area (Å²) in [5.41, 5.74) is 5.50. The maximum absolute atomic E-state index is 4.62. The minimum atomic E-state index is 0.846. The van der Waals surface area contributed by atoms with E-state index < -0.39 is 0 Å². The number of thiazole rings is 1. The summed E-state index contributed by atoms with van der Waals surface area (Å²) in [7, 11) is 0. The second kappa shape index (κ2) is 7.53. The van der Waals surface area contributed by atoms with Crippen molar-refractivity contribution in [3.8, 4) is 0 Å². The smallest absolute Gasteiger partial charge is 0.0798 e. The summed E-state index contributed by atoms with van der Waals surface area (Å²) < 4.78 is 1.98. The van der Waals surface area contributed by atoms with Crippen LogP contribution in [0, 0.1) is 6.92 Å². The topological polar surface area (TPSA) is 34.0 Å². The van der Waals surface area contributed by atoms with Gasteiger partial charge in [-0.1, -0.05) is 30.3 Å². The molecule has 2 aromatic heterocycles. The SMILES string of the molecule is CCn1ccc(CN(Cc2ccccc2)Cc2scnc2C)n1. The number of aromatic nitrogens is 3. The minimum Gasteiger partial charge on any atom is -0.288 e. The first-order valence-electron chi connectivity index (χ1n) is 7.92. The lowest BCUT2D eigenvalue weighted by atomic mass is 10.2. The van der Waals surface area contributed by atoms with E-state index in [1.807, 2.05) is 16.4 Å². The highest BCUT2D eigenvalue weighted by Gasteiger charge is 2.12. The molecule has 0 aliphatic carbocycles. The quantitative estimate of drug-likeness (QED) is 0.661. The minimum absolute atomic E-state index is 0.846. The van der Waals surface area contributed by atoms with Gasteiger partial charge in [0.1, 0.15) is 0 Å². The van der Waals surface area contributed by atoms with Crippen molar-refractivity contribution in [1.29, 1.82) is 0 Å². The molecule has 0 spiro atoms. The molecular weight excluding hydrogens is 304 g/mol. The van der Waals surface area contributed by atoms with Crippen LogP contribution in [-0.4, -0.2) is 19.7 Å². The van der Waals surface area contributed by atoms with Crippen LogP contribution in [0.15, 0.2) is 48.1 Å². The molecule has 1 aromatic carbocycles. The molecule has 120 valence electrons. The lowest BCUT2D eigenvalue weighted by Gasteiger charge is -2.21. The van der Waals surface area contributed by atoms with E-state index in [1.54, 1.807) is 11.3 Å². The zero-order valence-electron chi connectivity index (χ0n) is 13.6. The van der Waals surface area contributed by atoms with Crippen LogP contribution in [0.1, 0.15) is 28.8 Å². The monoisotopic (exact) mass is 326 g/mol. The van der Waals surface area contributed by atoms with Crippen molar-refractivity contribution in [2.24, 2.45) is 0 Å². The van der Waals surface area contributed by atoms with Crippen LogP contribution >= 0.6 is 11.3 Å². The van der Waals surface area contributed by atoms with Crippen LogP contribution < -0.4 is 0 Å². The number of nitrogens with zero attached hydrogens (tertiary/aromatic N) is 4. The van der Waals surface area contributed by atoms with Gasteiger partial charge in [-0.05, 0) is 25.5 Å². The summed E-state index contributed by atoms with van der Waals surface area (Å²) in [5, 5.41) is 4.62. The van der Waals surface area contributed by atoms with Gasteiger partial charge in [0.25, 0.3) is 0 Å². The van der Waals surface area contributed by atoms with E-state index in [-0.39, 0.29) is 0 Å². The van der Waals surface area contributed by atoms with E-state index in [4.69, 9.17) is 0 Å². The predicted molar refractivity (Wildman–Crippen MR) is 94.1 cm³/mol. The maximum atomic E-state index is 4.62. The van der Waals surface area contributed by atoms with Crippen molar-refractivity contribution in [3.05, 3.63) is 69.9 Å². The molecule has 0 radical (unpaired) electrons. The Morgan fingerprint density at radius 1 is 1.09 bits per heavy atom.